The van der Waals surface area contributed by atoms with Crippen molar-refractivity contribution in [3.8, 4) is 5.69 Å². The van der Waals surface area contributed by atoms with Crippen LogP contribution in [0.3, 0.4) is 0 Å². The van der Waals surface area contributed by atoms with Gasteiger partial charge in [-0.2, -0.15) is 5.10 Å². The summed E-state index contributed by atoms with van der Waals surface area (Å²) in [6.07, 6.45) is 0.826. The average molecular weight is 517 g/mol. The van der Waals surface area contributed by atoms with Crippen LogP contribution in [0.15, 0.2) is 41.8 Å². The van der Waals surface area contributed by atoms with E-state index in [1.165, 1.54) is 0 Å². The monoisotopic (exact) mass is 516 g/mol. The first kappa shape index (κ1) is 24.8. The summed E-state index contributed by atoms with van der Waals surface area (Å²) < 4.78 is 1.76. The number of thioether (sulfide) groups is 1. The Kier molecular flexibility index (Phi) is 7.40. The number of anilines is 1. The Morgan fingerprint density at radius 3 is 2.65 bits per heavy atom. The molecule has 9 heteroatoms. The van der Waals surface area contributed by atoms with E-state index in [4.69, 9.17) is 16.7 Å². The number of nitrogens with one attached hydrogen (secondary N) is 1. The molecule has 180 valence electrons. The zero-order valence-electron chi connectivity index (χ0n) is 19.8. The smallest absolute Gasteiger partial charge is 0.240 e. The van der Waals surface area contributed by atoms with Crippen molar-refractivity contribution in [2.75, 3.05) is 23.7 Å². The normalized spacial score (nSPS) is 16.3. The van der Waals surface area contributed by atoms with E-state index in [0.717, 1.165) is 22.6 Å². The molecule has 0 fully saturated rings. The molecule has 34 heavy (non-hydrogen) atoms. The van der Waals surface area contributed by atoms with Gasteiger partial charge in [-0.15, -0.1) is 23.1 Å². The second-order valence-electron chi connectivity index (χ2n) is 9.24. The van der Waals surface area contributed by atoms with E-state index in [1.54, 1.807) is 32.7 Å². The van der Waals surface area contributed by atoms with Crippen molar-refractivity contribution in [3.63, 3.8) is 0 Å². The van der Waals surface area contributed by atoms with Crippen LogP contribution in [0.25, 0.3) is 5.69 Å². The molecule has 1 atom stereocenters. The van der Waals surface area contributed by atoms with Gasteiger partial charge < -0.3 is 5.32 Å². The van der Waals surface area contributed by atoms with Crippen LogP contribution < -0.4 is 10.2 Å². The van der Waals surface area contributed by atoms with Gasteiger partial charge in [0, 0.05) is 22.4 Å². The third kappa shape index (κ3) is 4.90. The molecule has 1 aliphatic heterocycles. The van der Waals surface area contributed by atoms with Crippen molar-refractivity contribution >= 4 is 52.3 Å². The van der Waals surface area contributed by atoms with E-state index in [0.29, 0.717) is 23.1 Å². The molecule has 2 amide bonds. The van der Waals surface area contributed by atoms with Gasteiger partial charge in [0.05, 0.1) is 27.4 Å². The molecule has 0 saturated heterocycles. The molecule has 1 N–H and O–H groups in total. The van der Waals surface area contributed by atoms with E-state index < -0.39 is 0 Å². The molecular weight excluding hydrogens is 488 g/mol. The number of halogens is 1. The molecule has 1 aromatic carbocycles. The lowest BCUT2D eigenvalue weighted by molar-refractivity contribution is -0.122. The maximum Gasteiger partial charge on any atom is 0.240 e. The fraction of sp³-hybridized carbons (Fsp3) is 0.400. The van der Waals surface area contributed by atoms with E-state index in [-0.39, 0.29) is 34.8 Å². The average Bonchev–Trinajstić information content (AvgIpc) is 3.43. The van der Waals surface area contributed by atoms with Gasteiger partial charge in [-0.05, 0) is 30.0 Å². The molecule has 6 nitrogen and oxygen atoms in total. The maximum absolute atomic E-state index is 13.5. The first-order valence-corrected chi connectivity index (χ1v) is 13.6. The van der Waals surface area contributed by atoms with Crippen LogP contribution in [0, 0.1) is 0 Å². The third-order valence-electron chi connectivity index (χ3n) is 5.56. The number of para-hydroxylation sites is 1. The van der Waals surface area contributed by atoms with Crippen LogP contribution in [0.5, 0.6) is 0 Å². The van der Waals surface area contributed by atoms with Gasteiger partial charge in [0.15, 0.2) is 0 Å². The predicted octanol–water partition coefficient (Wildman–Crippen LogP) is 5.58. The van der Waals surface area contributed by atoms with Crippen LogP contribution in [0.1, 0.15) is 55.5 Å². The van der Waals surface area contributed by atoms with Gasteiger partial charge in [-0.25, -0.2) is 4.68 Å². The summed E-state index contributed by atoms with van der Waals surface area (Å²) in [6, 6.07) is 11.6. The molecule has 0 bridgehead atoms. The summed E-state index contributed by atoms with van der Waals surface area (Å²) in [5.74, 6) is 0.582. The predicted molar refractivity (Wildman–Crippen MR) is 142 cm³/mol. The molecule has 0 radical (unpaired) electrons. The highest BCUT2D eigenvalue weighted by molar-refractivity contribution is 8.00. The largest absolute Gasteiger partial charge is 0.355 e. The van der Waals surface area contributed by atoms with E-state index in [2.05, 4.69) is 32.2 Å². The number of benzene rings is 1. The van der Waals surface area contributed by atoms with Crippen LogP contribution in [0.4, 0.5) is 5.82 Å². The number of carbonyl (C=O) groups excluding carboxylic acids is 2. The van der Waals surface area contributed by atoms with E-state index in [9.17, 15) is 9.59 Å². The van der Waals surface area contributed by atoms with Crippen LogP contribution in [-0.4, -0.2) is 40.4 Å². The zero-order valence-corrected chi connectivity index (χ0v) is 22.2. The van der Waals surface area contributed by atoms with Crippen LogP contribution in [-0.2, 0) is 15.0 Å². The lowest BCUT2D eigenvalue weighted by atomic mass is 9.88. The molecule has 3 heterocycles. The minimum Gasteiger partial charge on any atom is -0.355 e. The SMILES string of the molecule is CCCNC(=O)CN1C(=O)CS[C@@H](c2cccs2)c2c(C(C)(C)C)nn(-c3ccccc3Cl)c21. The molecule has 0 spiro atoms. The maximum atomic E-state index is 13.5. The Bertz CT molecular complexity index is 1180. The van der Waals surface area contributed by atoms with Crippen molar-refractivity contribution in [1.82, 2.24) is 15.1 Å². The summed E-state index contributed by atoms with van der Waals surface area (Å²) in [4.78, 5) is 29.0. The van der Waals surface area contributed by atoms with Gasteiger partial charge >= 0.3 is 0 Å². The summed E-state index contributed by atoms with van der Waals surface area (Å²) in [5, 5.41) is 10.5. The first-order valence-electron chi connectivity index (χ1n) is 11.3. The standard InChI is InChI=1S/C25H29ClN4O2S2/c1-5-12-27-19(31)14-29-20(32)15-34-22(18-11-8-13-33-18)21-23(25(2,3)4)28-30(24(21)29)17-10-7-6-9-16(17)26/h6-11,13,22H,5,12,14-15H2,1-4H3,(H,27,31)/t22-/m0/s1. The Morgan fingerprint density at radius 1 is 1.24 bits per heavy atom. The number of hydrogen-bond donors (Lipinski definition) is 1. The second-order valence-corrected chi connectivity index (χ2v) is 11.7. The van der Waals surface area contributed by atoms with Crippen LogP contribution >= 0.6 is 34.7 Å². The number of thiophene rings is 1. The number of nitrogens with zero attached hydrogens (tertiary/aromatic N) is 3. The molecule has 3 aromatic rings. The quantitative estimate of drug-likeness (QED) is 0.464. The Labute approximate surface area is 213 Å². The highest BCUT2D eigenvalue weighted by Crippen LogP contribution is 2.49. The number of amides is 2. The summed E-state index contributed by atoms with van der Waals surface area (Å²) >= 11 is 9.86. The lowest BCUT2D eigenvalue weighted by Crippen LogP contribution is -2.42. The number of fused-ring (bicyclic) bond motifs is 1. The van der Waals surface area contributed by atoms with Crippen molar-refractivity contribution in [2.24, 2.45) is 0 Å². The summed E-state index contributed by atoms with van der Waals surface area (Å²) in [5.41, 5.74) is 2.24. The van der Waals surface area contributed by atoms with Crippen molar-refractivity contribution in [1.29, 1.82) is 0 Å². The minimum absolute atomic E-state index is 0.0662. The number of aromatic nitrogens is 2. The zero-order chi connectivity index (χ0) is 24.5. The highest BCUT2D eigenvalue weighted by Gasteiger charge is 2.40. The minimum atomic E-state index is -0.295. The van der Waals surface area contributed by atoms with Gasteiger partial charge in [-0.3, -0.25) is 14.5 Å². The van der Waals surface area contributed by atoms with Gasteiger partial charge in [0.1, 0.15) is 12.4 Å². The molecule has 0 aliphatic carbocycles. The first-order chi connectivity index (χ1) is 16.2. The molecule has 1 aliphatic rings. The topological polar surface area (TPSA) is 67.2 Å². The van der Waals surface area contributed by atoms with Crippen molar-refractivity contribution < 1.29 is 9.59 Å². The summed E-state index contributed by atoms with van der Waals surface area (Å²) in [6.45, 7) is 8.86. The molecular formula is C25H29ClN4O2S2. The Hall–Kier alpha value is -2.29. The van der Waals surface area contributed by atoms with Gasteiger partial charge in [0.2, 0.25) is 11.8 Å². The third-order valence-corrected chi connectivity index (χ3v) is 8.20. The lowest BCUT2D eigenvalue weighted by Gasteiger charge is -2.24. The Balaban J connectivity index is 1.99. The molecule has 2 aromatic heterocycles. The van der Waals surface area contributed by atoms with Gasteiger partial charge in [0.25, 0.3) is 0 Å². The number of rotatable bonds is 6. The van der Waals surface area contributed by atoms with E-state index >= 15 is 0 Å². The highest BCUT2D eigenvalue weighted by atomic mass is 35.5. The molecule has 4 rings (SSSR count). The van der Waals surface area contributed by atoms with Gasteiger partial charge in [-0.1, -0.05) is 57.5 Å². The fourth-order valence-corrected chi connectivity index (χ4v) is 6.38. The molecule has 0 unspecified atom stereocenters. The summed E-state index contributed by atoms with van der Waals surface area (Å²) in [7, 11) is 0. The second kappa shape index (κ2) is 10.1. The van der Waals surface area contributed by atoms with E-state index in [1.807, 2.05) is 42.6 Å². The molecule has 0 saturated carbocycles. The number of hydrogen-bond acceptors (Lipinski definition) is 5. The number of carbonyl (C=O) groups is 2. The van der Waals surface area contributed by atoms with Crippen molar-refractivity contribution in [2.45, 2.75) is 44.8 Å². The fourth-order valence-electron chi connectivity index (χ4n) is 3.99. The van der Waals surface area contributed by atoms with Crippen molar-refractivity contribution in [3.05, 3.63) is 62.9 Å². The van der Waals surface area contributed by atoms with Crippen LogP contribution in [0.2, 0.25) is 5.02 Å². The Morgan fingerprint density at radius 2 is 2.00 bits per heavy atom.